The Hall–Kier alpha value is -2.60. The molecule has 0 radical (unpaired) electrons. The highest BCUT2D eigenvalue weighted by molar-refractivity contribution is 9.10. The summed E-state index contributed by atoms with van der Waals surface area (Å²) < 4.78 is 8.11. The van der Waals surface area contributed by atoms with Crippen molar-refractivity contribution >= 4 is 33.6 Å². The minimum atomic E-state index is -0.169. The summed E-state index contributed by atoms with van der Waals surface area (Å²) in [5.74, 6) is 0.589. The van der Waals surface area contributed by atoms with Crippen LogP contribution in [-0.2, 0) is 11.3 Å². The van der Waals surface area contributed by atoms with Crippen molar-refractivity contribution in [3.8, 4) is 5.75 Å². The summed E-state index contributed by atoms with van der Waals surface area (Å²) in [5, 5.41) is 2.85. The van der Waals surface area contributed by atoms with Crippen molar-refractivity contribution in [2.45, 2.75) is 13.5 Å². The SMILES string of the molecule is COc1cccc(/C=C/C(=O)NCc2cn3cc(Br)cc(C)c3n2)c1. The third-order valence-electron chi connectivity index (χ3n) is 3.72. The van der Waals surface area contributed by atoms with E-state index in [0.29, 0.717) is 6.54 Å². The average Bonchev–Trinajstić information content (AvgIpc) is 3.01. The normalized spacial score (nSPS) is 11.2. The third kappa shape index (κ3) is 4.28. The largest absolute Gasteiger partial charge is 0.497 e. The number of aryl methyl sites for hydroxylation is 1. The molecule has 0 aliphatic carbocycles. The van der Waals surface area contributed by atoms with Gasteiger partial charge in [0.25, 0.3) is 0 Å². The van der Waals surface area contributed by atoms with Crippen LogP contribution in [0.5, 0.6) is 5.75 Å². The smallest absolute Gasteiger partial charge is 0.244 e. The Morgan fingerprint density at radius 1 is 1.36 bits per heavy atom. The maximum Gasteiger partial charge on any atom is 0.244 e. The van der Waals surface area contributed by atoms with Crippen LogP contribution in [0.15, 0.2) is 53.3 Å². The number of fused-ring (bicyclic) bond motifs is 1. The van der Waals surface area contributed by atoms with Gasteiger partial charge in [-0.2, -0.15) is 0 Å². The van der Waals surface area contributed by atoms with E-state index in [2.05, 4.69) is 26.2 Å². The number of methoxy groups -OCH3 is 1. The Bertz CT molecular complexity index is 947. The number of pyridine rings is 1. The molecule has 128 valence electrons. The number of halogens is 1. The van der Waals surface area contributed by atoms with Gasteiger partial charge in [0, 0.05) is 22.9 Å². The molecule has 0 aliphatic heterocycles. The fraction of sp³-hybridized carbons (Fsp3) is 0.158. The highest BCUT2D eigenvalue weighted by atomic mass is 79.9. The summed E-state index contributed by atoms with van der Waals surface area (Å²) in [6.07, 6.45) is 7.12. The molecule has 3 aromatic rings. The molecular weight excluding hydrogens is 382 g/mol. The van der Waals surface area contributed by atoms with Crippen LogP contribution in [0.3, 0.4) is 0 Å². The van der Waals surface area contributed by atoms with Gasteiger partial charge >= 0.3 is 0 Å². The molecule has 25 heavy (non-hydrogen) atoms. The number of amides is 1. The molecule has 0 aliphatic rings. The molecule has 6 heteroatoms. The number of aromatic nitrogens is 2. The molecule has 2 aromatic heterocycles. The van der Waals surface area contributed by atoms with Gasteiger partial charge in [-0.3, -0.25) is 4.79 Å². The minimum Gasteiger partial charge on any atom is -0.497 e. The van der Waals surface area contributed by atoms with E-state index in [9.17, 15) is 4.79 Å². The standard InChI is InChI=1S/C19H18BrN3O2/c1-13-8-15(20)11-23-12-16(22-19(13)23)10-21-18(24)7-6-14-4-3-5-17(9-14)25-2/h3-9,11-12H,10H2,1-2H3,(H,21,24)/b7-6+. The van der Waals surface area contributed by atoms with E-state index in [1.807, 2.05) is 54.0 Å². The van der Waals surface area contributed by atoms with Gasteiger partial charge < -0.3 is 14.5 Å². The van der Waals surface area contributed by atoms with Gasteiger partial charge in [0.15, 0.2) is 0 Å². The second-order valence-corrected chi connectivity index (χ2v) is 6.55. The fourth-order valence-electron chi connectivity index (χ4n) is 2.51. The quantitative estimate of drug-likeness (QED) is 0.664. The zero-order valence-corrected chi connectivity index (χ0v) is 15.6. The van der Waals surface area contributed by atoms with Crippen LogP contribution in [0.1, 0.15) is 16.8 Å². The van der Waals surface area contributed by atoms with Gasteiger partial charge in [-0.05, 0) is 58.3 Å². The van der Waals surface area contributed by atoms with E-state index < -0.39 is 0 Å². The Labute approximate surface area is 154 Å². The summed E-state index contributed by atoms with van der Waals surface area (Å²) in [4.78, 5) is 16.6. The van der Waals surface area contributed by atoms with E-state index in [1.165, 1.54) is 6.08 Å². The lowest BCUT2D eigenvalue weighted by Gasteiger charge is -2.00. The van der Waals surface area contributed by atoms with Crippen molar-refractivity contribution in [1.82, 2.24) is 14.7 Å². The number of hydrogen-bond donors (Lipinski definition) is 1. The lowest BCUT2D eigenvalue weighted by atomic mass is 10.2. The molecule has 1 aromatic carbocycles. The molecule has 0 fully saturated rings. The molecule has 0 saturated carbocycles. The minimum absolute atomic E-state index is 0.169. The first-order chi connectivity index (χ1) is 12.0. The van der Waals surface area contributed by atoms with Gasteiger partial charge in [0.1, 0.15) is 11.4 Å². The number of carbonyl (C=O) groups excluding carboxylic acids is 1. The molecule has 1 N–H and O–H groups in total. The van der Waals surface area contributed by atoms with Crippen molar-refractivity contribution in [1.29, 1.82) is 0 Å². The highest BCUT2D eigenvalue weighted by Crippen LogP contribution is 2.17. The van der Waals surface area contributed by atoms with Crippen LogP contribution < -0.4 is 10.1 Å². The van der Waals surface area contributed by atoms with Crippen LogP contribution in [0, 0.1) is 6.92 Å². The summed E-state index contributed by atoms with van der Waals surface area (Å²) in [6.45, 7) is 2.38. The lowest BCUT2D eigenvalue weighted by molar-refractivity contribution is -0.116. The predicted octanol–water partition coefficient (Wildman–Crippen LogP) is 3.74. The second-order valence-electron chi connectivity index (χ2n) is 5.63. The molecule has 0 unspecified atom stereocenters. The Balaban J connectivity index is 1.64. The summed E-state index contributed by atoms with van der Waals surface area (Å²) in [7, 11) is 1.62. The second kappa shape index (κ2) is 7.53. The number of benzene rings is 1. The average molecular weight is 400 g/mol. The van der Waals surface area contributed by atoms with E-state index in [0.717, 1.165) is 32.7 Å². The van der Waals surface area contributed by atoms with Gasteiger partial charge in [-0.1, -0.05) is 12.1 Å². The number of nitrogens with zero attached hydrogens (tertiary/aromatic N) is 2. The molecule has 1 amide bonds. The number of imidazole rings is 1. The molecule has 0 saturated heterocycles. The molecular formula is C19H18BrN3O2. The van der Waals surface area contributed by atoms with Crippen molar-refractivity contribution in [2.24, 2.45) is 0 Å². The zero-order valence-electron chi connectivity index (χ0n) is 14.0. The summed E-state index contributed by atoms with van der Waals surface area (Å²) in [6, 6.07) is 9.54. The van der Waals surface area contributed by atoms with Gasteiger partial charge in [0.05, 0.1) is 19.3 Å². The zero-order chi connectivity index (χ0) is 17.8. The Morgan fingerprint density at radius 2 is 2.20 bits per heavy atom. The Kier molecular flexibility index (Phi) is 5.19. The highest BCUT2D eigenvalue weighted by Gasteiger charge is 2.06. The molecule has 2 heterocycles. The summed E-state index contributed by atoms with van der Waals surface area (Å²) >= 11 is 3.47. The van der Waals surface area contributed by atoms with Gasteiger partial charge in [0.2, 0.25) is 5.91 Å². The predicted molar refractivity (Wildman–Crippen MR) is 102 cm³/mol. The monoisotopic (exact) mass is 399 g/mol. The number of ether oxygens (including phenoxy) is 1. The number of carbonyl (C=O) groups is 1. The van der Waals surface area contributed by atoms with Crippen molar-refractivity contribution in [2.75, 3.05) is 7.11 Å². The molecule has 0 bridgehead atoms. The third-order valence-corrected chi connectivity index (χ3v) is 4.15. The van der Waals surface area contributed by atoms with E-state index in [1.54, 1.807) is 13.2 Å². The summed E-state index contributed by atoms with van der Waals surface area (Å²) in [5.41, 5.74) is 3.68. The molecule has 5 nitrogen and oxygen atoms in total. The van der Waals surface area contributed by atoms with Crippen molar-refractivity contribution in [3.05, 3.63) is 70.1 Å². The maximum absolute atomic E-state index is 12.0. The van der Waals surface area contributed by atoms with E-state index in [-0.39, 0.29) is 5.91 Å². The molecule has 0 spiro atoms. The maximum atomic E-state index is 12.0. The topological polar surface area (TPSA) is 55.6 Å². The van der Waals surface area contributed by atoms with E-state index >= 15 is 0 Å². The number of rotatable bonds is 5. The van der Waals surface area contributed by atoms with Crippen molar-refractivity contribution in [3.63, 3.8) is 0 Å². The first kappa shape index (κ1) is 17.2. The number of hydrogen-bond acceptors (Lipinski definition) is 3. The van der Waals surface area contributed by atoms with Crippen LogP contribution in [0.2, 0.25) is 0 Å². The van der Waals surface area contributed by atoms with Crippen LogP contribution >= 0.6 is 15.9 Å². The van der Waals surface area contributed by atoms with Gasteiger partial charge in [-0.25, -0.2) is 4.98 Å². The first-order valence-electron chi connectivity index (χ1n) is 7.79. The van der Waals surface area contributed by atoms with Crippen LogP contribution in [-0.4, -0.2) is 22.4 Å². The van der Waals surface area contributed by atoms with E-state index in [4.69, 9.17) is 4.74 Å². The van der Waals surface area contributed by atoms with Gasteiger partial charge in [-0.15, -0.1) is 0 Å². The lowest BCUT2D eigenvalue weighted by Crippen LogP contribution is -2.20. The number of nitrogens with one attached hydrogen (secondary N) is 1. The van der Waals surface area contributed by atoms with Crippen LogP contribution in [0.25, 0.3) is 11.7 Å². The Morgan fingerprint density at radius 3 is 3.00 bits per heavy atom. The fourth-order valence-corrected chi connectivity index (χ4v) is 3.08. The van der Waals surface area contributed by atoms with Crippen LogP contribution in [0.4, 0.5) is 0 Å². The van der Waals surface area contributed by atoms with Crippen molar-refractivity contribution < 1.29 is 9.53 Å². The molecule has 0 atom stereocenters. The first-order valence-corrected chi connectivity index (χ1v) is 8.58. The molecule has 3 rings (SSSR count).